The molecule has 0 saturated heterocycles. The first-order valence-corrected chi connectivity index (χ1v) is 6.50. The van der Waals surface area contributed by atoms with Gasteiger partial charge in [0.2, 0.25) is 0 Å². The highest BCUT2D eigenvalue weighted by Crippen LogP contribution is 2.37. The molecule has 0 fully saturated rings. The van der Waals surface area contributed by atoms with Crippen LogP contribution < -0.4 is 0 Å². The molecule has 0 unspecified atom stereocenters. The molecule has 0 bridgehead atoms. The zero-order valence-corrected chi connectivity index (χ0v) is 12.0. The van der Waals surface area contributed by atoms with E-state index in [0.717, 1.165) is 6.07 Å². The summed E-state index contributed by atoms with van der Waals surface area (Å²) in [7, 11) is 0. The number of benzene rings is 1. The predicted molar refractivity (Wildman–Crippen MR) is 67.3 cm³/mol. The number of ketones is 1. The van der Waals surface area contributed by atoms with Crippen molar-refractivity contribution in [1.29, 1.82) is 0 Å². The van der Waals surface area contributed by atoms with Gasteiger partial charge < -0.3 is 0 Å². The highest BCUT2D eigenvalue weighted by molar-refractivity contribution is 14.1. The first-order valence-electron chi connectivity index (χ1n) is 3.92. The average Bonchev–Trinajstić information content (AvgIpc) is 2.18. The lowest BCUT2D eigenvalue weighted by atomic mass is 10.1. The number of alkyl halides is 4. The molecule has 0 saturated carbocycles. The van der Waals surface area contributed by atoms with E-state index in [4.69, 9.17) is 11.6 Å². The topological polar surface area (TPSA) is 17.1 Å². The number of carbonyl (C=O) groups is 1. The van der Waals surface area contributed by atoms with E-state index in [9.17, 15) is 18.0 Å². The first-order chi connectivity index (χ1) is 7.27. The molecular weight excluding hydrogens is 423 g/mol. The van der Waals surface area contributed by atoms with Gasteiger partial charge in [0, 0.05) is 9.13 Å². The number of hydrogen-bond acceptors (Lipinski definition) is 1. The Morgan fingerprint density at radius 1 is 1.44 bits per heavy atom. The number of hydrogen-bond donors (Lipinski definition) is 0. The normalized spacial score (nSPS) is 11.6. The van der Waals surface area contributed by atoms with Crippen LogP contribution >= 0.6 is 50.1 Å². The van der Waals surface area contributed by atoms with Crippen LogP contribution in [0.4, 0.5) is 13.2 Å². The maximum absolute atomic E-state index is 12.6. The number of Topliss-reactive ketones (excluding diaryl/α,β-unsaturated/α-hetero) is 1. The van der Waals surface area contributed by atoms with E-state index in [1.165, 1.54) is 6.07 Å². The lowest BCUT2D eigenvalue weighted by Gasteiger charge is -2.12. The van der Waals surface area contributed by atoms with Crippen LogP contribution in [0.3, 0.4) is 0 Å². The van der Waals surface area contributed by atoms with Crippen molar-refractivity contribution in [3.05, 3.63) is 31.9 Å². The van der Waals surface area contributed by atoms with Gasteiger partial charge >= 0.3 is 6.18 Å². The van der Waals surface area contributed by atoms with Gasteiger partial charge in [-0.05, 0) is 34.7 Å². The summed E-state index contributed by atoms with van der Waals surface area (Å²) < 4.78 is 38.0. The molecule has 0 spiro atoms. The van der Waals surface area contributed by atoms with E-state index in [2.05, 4.69) is 15.9 Å². The molecule has 0 amide bonds. The van der Waals surface area contributed by atoms with Gasteiger partial charge in [0.05, 0.1) is 15.9 Å². The fourth-order valence-electron chi connectivity index (χ4n) is 1.07. The molecule has 0 aromatic heterocycles. The molecule has 0 radical (unpaired) electrons. The van der Waals surface area contributed by atoms with Gasteiger partial charge in [-0.2, -0.15) is 13.2 Å². The highest BCUT2D eigenvalue weighted by atomic mass is 127. The molecule has 7 heteroatoms. The van der Waals surface area contributed by atoms with Crippen molar-refractivity contribution in [2.75, 3.05) is 5.33 Å². The summed E-state index contributed by atoms with van der Waals surface area (Å²) >= 11 is 10.2. The van der Waals surface area contributed by atoms with E-state index in [-0.39, 0.29) is 10.9 Å². The molecule has 1 aromatic rings. The van der Waals surface area contributed by atoms with Crippen molar-refractivity contribution in [2.45, 2.75) is 6.18 Å². The van der Waals surface area contributed by atoms with Crippen molar-refractivity contribution < 1.29 is 18.0 Å². The van der Waals surface area contributed by atoms with Gasteiger partial charge in [-0.25, -0.2) is 0 Å². The summed E-state index contributed by atoms with van der Waals surface area (Å²) in [5.41, 5.74) is -1.09. The number of rotatable bonds is 2. The lowest BCUT2D eigenvalue weighted by Crippen LogP contribution is -2.11. The van der Waals surface area contributed by atoms with Crippen molar-refractivity contribution in [2.24, 2.45) is 0 Å². The molecule has 0 aliphatic rings. The Balaban J connectivity index is 3.44. The van der Waals surface area contributed by atoms with Crippen LogP contribution in [0.25, 0.3) is 0 Å². The summed E-state index contributed by atoms with van der Waals surface area (Å²) in [6.07, 6.45) is -4.56. The number of halogens is 6. The zero-order chi connectivity index (χ0) is 12.5. The zero-order valence-electron chi connectivity index (χ0n) is 7.54. The minimum atomic E-state index is -4.56. The minimum Gasteiger partial charge on any atom is -0.293 e. The molecule has 1 nitrogen and oxygen atoms in total. The third-order valence-electron chi connectivity index (χ3n) is 1.76. The van der Waals surface area contributed by atoms with Crippen LogP contribution in [0.5, 0.6) is 0 Å². The van der Waals surface area contributed by atoms with E-state index in [0.29, 0.717) is 3.57 Å². The standard InChI is InChI=1S/C9H4BrClF3IO/c10-3-7(16)5-1-4(15)2-6(8(5)11)9(12,13)14/h1-2H,3H2. The second-order valence-electron chi connectivity index (χ2n) is 2.87. The first kappa shape index (κ1) is 14.2. The van der Waals surface area contributed by atoms with Crippen LogP contribution in [-0.2, 0) is 6.18 Å². The Kier molecular flexibility index (Phi) is 4.65. The molecule has 0 heterocycles. The summed E-state index contributed by atoms with van der Waals surface area (Å²) in [4.78, 5) is 11.4. The van der Waals surface area contributed by atoms with Crippen LogP contribution in [0.2, 0.25) is 5.02 Å². The maximum Gasteiger partial charge on any atom is 0.417 e. The monoisotopic (exact) mass is 426 g/mol. The molecule has 0 aliphatic heterocycles. The van der Waals surface area contributed by atoms with Crippen molar-refractivity contribution in [3.63, 3.8) is 0 Å². The fraction of sp³-hybridized carbons (Fsp3) is 0.222. The van der Waals surface area contributed by atoms with Crippen molar-refractivity contribution in [3.8, 4) is 0 Å². The van der Waals surface area contributed by atoms with Crippen LogP contribution in [0.1, 0.15) is 15.9 Å². The SMILES string of the molecule is O=C(CBr)c1cc(I)cc(C(F)(F)F)c1Cl. The van der Waals surface area contributed by atoms with Gasteiger partial charge in [0.25, 0.3) is 0 Å². The predicted octanol–water partition coefficient (Wildman–Crippen LogP) is 4.54. The third kappa shape index (κ3) is 3.10. The van der Waals surface area contributed by atoms with E-state index in [1.807, 2.05) is 0 Å². The van der Waals surface area contributed by atoms with Gasteiger partial charge in [-0.3, -0.25) is 4.79 Å². The molecule has 0 N–H and O–H groups in total. The van der Waals surface area contributed by atoms with Gasteiger partial charge in [-0.1, -0.05) is 27.5 Å². The Bertz CT molecular complexity index is 433. The Hall–Kier alpha value is 0.180. The molecule has 0 aliphatic carbocycles. The smallest absolute Gasteiger partial charge is 0.293 e. The van der Waals surface area contributed by atoms with Crippen molar-refractivity contribution >= 4 is 55.9 Å². The summed E-state index contributed by atoms with van der Waals surface area (Å²) in [5.74, 6) is -0.478. The van der Waals surface area contributed by atoms with Crippen LogP contribution in [0, 0.1) is 3.57 Å². The van der Waals surface area contributed by atoms with E-state index in [1.54, 1.807) is 22.6 Å². The second kappa shape index (κ2) is 5.22. The lowest BCUT2D eigenvalue weighted by molar-refractivity contribution is -0.137. The van der Waals surface area contributed by atoms with Crippen molar-refractivity contribution in [1.82, 2.24) is 0 Å². The van der Waals surface area contributed by atoms with Gasteiger partial charge in [-0.15, -0.1) is 0 Å². The largest absolute Gasteiger partial charge is 0.417 e. The highest BCUT2D eigenvalue weighted by Gasteiger charge is 2.35. The number of carbonyl (C=O) groups excluding carboxylic acids is 1. The Morgan fingerprint density at radius 3 is 2.44 bits per heavy atom. The minimum absolute atomic E-state index is 0.0654. The van der Waals surface area contributed by atoms with E-state index >= 15 is 0 Å². The van der Waals surface area contributed by atoms with Gasteiger partial charge in [0.1, 0.15) is 0 Å². The third-order valence-corrected chi connectivity index (χ3v) is 3.30. The fourth-order valence-corrected chi connectivity index (χ4v) is 2.32. The van der Waals surface area contributed by atoms with Crippen LogP contribution in [-0.4, -0.2) is 11.1 Å². The molecule has 88 valence electrons. The Morgan fingerprint density at radius 2 is 2.00 bits per heavy atom. The maximum atomic E-state index is 12.6. The molecule has 16 heavy (non-hydrogen) atoms. The summed E-state index contributed by atoms with van der Waals surface area (Å²) in [6.45, 7) is 0. The molecular formula is C9H4BrClF3IO. The second-order valence-corrected chi connectivity index (χ2v) is 5.05. The van der Waals surface area contributed by atoms with Gasteiger partial charge in [0.15, 0.2) is 5.78 Å². The summed E-state index contributed by atoms with van der Waals surface area (Å²) in [6, 6.07) is 2.25. The molecule has 0 atom stereocenters. The average molecular weight is 427 g/mol. The summed E-state index contributed by atoms with van der Waals surface area (Å²) in [5, 5.41) is -0.609. The molecule has 1 rings (SSSR count). The molecule has 1 aromatic carbocycles. The quantitative estimate of drug-likeness (QED) is 0.385. The van der Waals surface area contributed by atoms with Crippen LogP contribution in [0.15, 0.2) is 12.1 Å². The van der Waals surface area contributed by atoms with E-state index < -0.39 is 22.5 Å². The Labute approximate surface area is 117 Å².